The van der Waals surface area contributed by atoms with Crippen molar-refractivity contribution in [3.63, 3.8) is 0 Å². The topological polar surface area (TPSA) is 77.5 Å². The molecule has 9 heteroatoms. The zero-order valence-corrected chi connectivity index (χ0v) is 14.2. The Morgan fingerprint density at radius 1 is 1.20 bits per heavy atom. The number of amides is 1. The normalized spacial score (nSPS) is 10.3. The van der Waals surface area contributed by atoms with Crippen molar-refractivity contribution >= 4 is 29.2 Å². The first-order chi connectivity index (χ1) is 11.8. The zero-order chi connectivity index (χ0) is 18.7. The maximum absolute atomic E-state index is 14.7. The summed E-state index contributed by atoms with van der Waals surface area (Å²) in [5.74, 6) is -3.75. The van der Waals surface area contributed by atoms with E-state index in [1.165, 1.54) is 19.2 Å². The van der Waals surface area contributed by atoms with Gasteiger partial charge in [-0.2, -0.15) is 0 Å². The first-order valence-corrected chi connectivity index (χ1v) is 7.26. The maximum atomic E-state index is 14.7. The monoisotopic (exact) mass is 370 g/mol. The first-order valence-electron chi connectivity index (χ1n) is 6.89. The Hall–Kier alpha value is -2.74. The van der Waals surface area contributed by atoms with Crippen LogP contribution in [0.3, 0.4) is 0 Å². The Labute approximate surface area is 146 Å². The lowest BCUT2D eigenvalue weighted by Gasteiger charge is -2.13. The molecule has 0 bridgehead atoms. The van der Waals surface area contributed by atoms with Gasteiger partial charge in [0.25, 0.3) is 0 Å². The summed E-state index contributed by atoms with van der Waals surface area (Å²) in [5.41, 5.74) is -1.45. The van der Waals surface area contributed by atoms with Crippen molar-refractivity contribution < 1.29 is 27.8 Å². The lowest BCUT2D eigenvalue weighted by molar-refractivity contribution is -0.114. The van der Waals surface area contributed by atoms with Gasteiger partial charge in [0, 0.05) is 12.5 Å². The summed E-state index contributed by atoms with van der Waals surface area (Å²) in [4.78, 5) is 26.8. The zero-order valence-electron chi connectivity index (χ0n) is 13.4. The minimum atomic E-state index is -1.02. The van der Waals surface area contributed by atoms with Crippen LogP contribution in [0, 0.1) is 11.6 Å². The summed E-state index contributed by atoms with van der Waals surface area (Å²) in [5, 5.41) is 2.20. The fraction of sp³-hybridized carbons (Fsp3) is 0.188. The molecule has 0 saturated carbocycles. The molecular weight excluding hydrogens is 358 g/mol. The van der Waals surface area contributed by atoms with Gasteiger partial charge in [0.05, 0.1) is 24.9 Å². The Morgan fingerprint density at radius 2 is 1.88 bits per heavy atom. The van der Waals surface area contributed by atoms with E-state index in [2.05, 4.69) is 15.0 Å². The minimum absolute atomic E-state index is 0.0182. The molecule has 1 aromatic heterocycles. The van der Waals surface area contributed by atoms with Crippen molar-refractivity contribution in [2.24, 2.45) is 0 Å². The number of rotatable bonds is 4. The van der Waals surface area contributed by atoms with Gasteiger partial charge < -0.3 is 14.8 Å². The van der Waals surface area contributed by atoms with Crippen LogP contribution in [0.5, 0.6) is 5.75 Å². The van der Waals surface area contributed by atoms with Gasteiger partial charge in [-0.1, -0.05) is 11.6 Å². The molecule has 25 heavy (non-hydrogen) atoms. The predicted molar refractivity (Wildman–Crippen MR) is 86.8 cm³/mol. The number of ether oxygens (including phenoxy) is 2. The van der Waals surface area contributed by atoms with Crippen molar-refractivity contribution in [1.29, 1.82) is 0 Å². The molecule has 0 atom stereocenters. The third-order valence-corrected chi connectivity index (χ3v) is 3.47. The van der Waals surface area contributed by atoms with E-state index in [-0.39, 0.29) is 27.7 Å². The molecule has 0 spiro atoms. The van der Waals surface area contributed by atoms with Crippen molar-refractivity contribution in [3.8, 4) is 17.0 Å². The number of benzene rings is 1. The number of aromatic nitrogens is 1. The second kappa shape index (κ2) is 7.43. The molecule has 1 aromatic carbocycles. The van der Waals surface area contributed by atoms with Crippen LogP contribution in [0.1, 0.15) is 17.4 Å². The lowest BCUT2D eigenvalue weighted by atomic mass is 10.1. The third kappa shape index (κ3) is 3.69. The molecule has 0 radical (unpaired) electrons. The molecule has 2 rings (SSSR count). The highest BCUT2D eigenvalue weighted by Crippen LogP contribution is 2.36. The number of halogens is 3. The van der Waals surface area contributed by atoms with Gasteiger partial charge in [0.1, 0.15) is 5.69 Å². The van der Waals surface area contributed by atoms with Crippen molar-refractivity contribution in [2.45, 2.75) is 6.92 Å². The molecule has 0 aliphatic carbocycles. The van der Waals surface area contributed by atoms with Gasteiger partial charge >= 0.3 is 5.97 Å². The Bertz CT molecular complexity index is 859. The fourth-order valence-corrected chi connectivity index (χ4v) is 2.32. The largest absolute Gasteiger partial charge is 0.492 e. The number of pyridine rings is 1. The Morgan fingerprint density at radius 3 is 2.44 bits per heavy atom. The molecule has 1 amide bonds. The fourth-order valence-electron chi connectivity index (χ4n) is 2.10. The van der Waals surface area contributed by atoms with E-state index in [0.29, 0.717) is 0 Å². The van der Waals surface area contributed by atoms with E-state index < -0.39 is 29.2 Å². The van der Waals surface area contributed by atoms with Gasteiger partial charge in [-0.3, -0.25) is 4.79 Å². The standard InChI is InChI=1S/C16H13ClF2N2O4/c1-7(22)20-10-6-11(16(23)25-3)21-14(13(10)19)8-4-5-9(17)15(24-2)12(8)18/h4-6H,1-3H3,(H,20,21,22). The van der Waals surface area contributed by atoms with Gasteiger partial charge in [-0.15, -0.1) is 0 Å². The molecule has 1 heterocycles. The summed E-state index contributed by atoms with van der Waals surface area (Å²) in [6.07, 6.45) is 0. The van der Waals surface area contributed by atoms with Crippen LogP contribution >= 0.6 is 11.6 Å². The highest BCUT2D eigenvalue weighted by atomic mass is 35.5. The average molecular weight is 371 g/mol. The number of methoxy groups -OCH3 is 2. The smallest absolute Gasteiger partial charge is 0.356 e. The minimum Gasteiger partial charge on any atom is -0.492 e. The van der Waals surface area contributed by atoms with Crippen molar-refractivity contribution in [1.82, 2.24) is 4.98 Å². The molecular formula is C16H13ClF2N2O4. The number of esters is 1. The number of hydrogen-bond donors (Lipinski definition) is 1. The Kier molecular flexibility index (Phi) is 5.53. The van der Waals surface area contributed by atoms with E-state index in [1.807, 2.05) is 0 Å². The van der Waals surface area contributed by atoms with E-state index in [9.17, 15) is 18.4 Å². The predicted octanol–water partition coefficient (Wildman–Crippen LogP) is 3.43. The molecule has 132 valence electrons. The van der Waals surface area contributed by atoms with Gasteiger partial charge in [0.15, 0.2) is 23.1 Å². The summed E-state index contributed by atoms with van der Waals surface area (Å²) in [7, 11) is 2.31. The number of nitrogens with zero attached hydrogens (tertiary/aromatic N) is 1. The van der Waals surface area contributed by atoms with Gasteiger partial charge in [-0.25, -0.2) is 18.6 Å². The van der Waals surface area contributed by atoms with Crippen LogP contribution in [0.4, 0.5) is 14.5 Å². The van der Waals surface area contributed by atoms with Crippen LogP contribution in [0.25, 0.3) is 11.3 Å². The third-order valence-electron chi connectivity index (χ3n) is 3.17. The van der Waals surface area contributed by atoms with E-state index in [0.717, 1.165) is 20.1 Å². The maximum Gasteiger partial charge on any atom is 0.356 e. The summed E-state index contributed by atoms with van der Waals surface area (Å²) >= 11 is 5.82. The van der Waals surface area contributed by atoms with Crippen molar-refractivity contribution in [3.05, 3.63) is 40.6 Å². The number of nitrogens with one attached hydrogen (secondary N) is 1. The molecule has 0 fully saturated rings. The SMILES string of the molecule is COC(=O)c1cc(NC(C)=O)c(F)c(-c2ccc(Cl)c(OC)c2F)n1. The second-order valence-electron chi connectivity index (χ2n) is 4.83. The molecule has 6 nitrogen and oxygen atoms in total. The molecule has 0 unspecified atom stereocenters. The molecule has 1 N–H and O–H groups in total. The molecule has 0 aliphatic rings. The summed E-state index contributed by atoms with van der Waals surface area (Å²) in [6, 6.07) is 3.48. The van der Waals surface area contributed by atoms with Crippen molar-refractivity contribution in [2.75, 3.05) is 19.5 Å². The van der Waals surface area contributed by atoms with Crippen LogP contribution in [-0.4, -0.2) is 31.1 Å². The van der Waals surface area contributed by atoms with Crippen LogP contribution < -0.4 is 10.1 Å². The Balaban J connectivity index is 2.76. The summed E-state index contributed by atoms with van der Waals surface area (Å²) < 4.78 is 38.7. The quantitative estimate of drug-likeness (QED) is 0.834. The van der Waals surface area contributed by atoms with E-state index in [1.54, 1.807) is 0 Å². The number of anilines is 1. The van der Waals surface area contributed by atoms with E-state index >= 15 is 0 Å². The summed E-state index contributed by atoms with van der Waals surface area (Å²) in [6.45, 7) is 1.16. The molecule has 2 aromatic rings. The van der Waals surface area contributed by atoms with Crippen LogP contribution in [-0.2, 0) is 9.53 Å². The van der Waals surface area contributed by atoms with E-state index in [4.69, 9.17) is 16.3 Å². The highest BCUT2D eigenvalue weighted by molar-refractivity contribution is 6.32. The number of carbonyl (C=O) groups excluding carboxylic acids is 2. The second-order valence-corrected chi connectivity index (χ2v) is 5.24. The van der Waals surface area contributed by atoms with Gasteiger partial charge in [0.2, 0.25) is 5.91 Å². The lowest BCUT2D eigenvalue weighted by Crippen LogP contribution is -2.13. The number of hydrogen-bond acceptors (Lipinski definition) is 5. The number of carbonyl (C=O) groups is 2. The highest BCUT2D eigenvalue weighted by Gasteiger charge is 2.23. The van der Waals surface area contributed by atoms with Crippen LogP contribution in [0.2, 0.25) is 5.02 Å². The van der Waals surface area contributed by atoms with Gasteiger partial charge in [-0.05, 0) is 18.2 Å². The molecule has 0 aliphatic heterocycles. The first kappa shape index (κ1) is 18.6. The van der Waals surface area contributed by atoms with Crippen LogP contribution in [0.15, 0.2) is 18.2 Å². The molecule has 0 saturated heterocycles. The average Bonchev–Trinajstić information content (AvgIpc) is 2.56.